The fourth-order valence-electron chi connectivity index (χ4n) is 3.06. The second-order valence-corrected chi connectivity index (χ2v) is 6.32. The van der Waals surface area contributed by atoms with Crippen molar-refractivity contribution in [2.75, 3.05) is 18.0 Å². The van der Waals surface area contributed by atoms with Crippen LogP contribution in [0.4, 0.5) is 5.69 Å². The lowest BCUT2D eigenvalue weighted by Crippen LogP contribution is -2.37. The first-order valence-corrected chi connectivity index (χ1v) is 7.99. The number of rotatable bonds is 2. The number of hydrogen-bond donors (Lipinski definition) is 0. The van der Waals surface area contributed by atoms with E-state index in [0.717, 1.165) is 43.5 Å². The Morgan fingerprint density at radius 3 is 2.36 bits per heavy atom. The molecule has 5 heteroatoms. The number of piperidine rings is 1. The molecular weight excluding hydrogens is 300 g/mol. The van der Waals surface area contributed by atoms with Crippen molar-refractivity contribution in [1.82, 2.24) is 4.90 Å². The van der Waals surface area contributed by atoms with Gasteiger partial charge in [0, 0.05) is 13.1 Å². The highest BCUT2D eigenvalue weighted by atomic mass is 35.5. The number of nitrogens with zero attached hydrogens (tertiary/aromatic N) is 2. The van der Waals surface area contributed by atoms with Gasteiger partial charge in [0.15, 0.2) is 0 Å². The third-order valence-electron chi connectivity index (χ3n) is 4.28. The van der Waals surface area contributed by atoms with Gasteiger partial charge in [0.1, 0.15) is 10.7 Å². The maximum Gasteiger partial charge on any atom is 0.283 e. The largest absolute Gasteiger partial charge is 0.366 e. The van der Waals surface area contributed by atoms with E-state index in [9.17, 15) is 9.59 Å². The van der Waals surface area contributed by atoms with Crippen LogP contribution in [0.3, 0.4) is 0 Å². The third kappa shape index (κ3) is 2.41. The predicted octanol–water partition coefficient (Wildman–Crippen LogP) is 3.11. The summed E-state index contributed by atoms with van der Waals surface area (Å²) < 4.78 is 0. The molecule has 0 bridgehead atoms. The van der Waals surface area contributed by atoms with Crippen LogP contribution in [0.25, 0.3) is 0 Å². The molecule has 0 aromatic heterocycles. The van der Waals surface area contributed by atoms with Gasteiger partial charge in [-0.2, -0.15) is 0 Å². The topological polar surface area (TPSA) is 40.6 Å². The summed E-state index contributed by atoms with van der Waals surface area (Å²) in [5.74, 6) is -0.716. The van der Waals surface area contributed by atoms with Crippen LogP contribution in [0.2, 0.25) is 0 Å². The van der Waals surface area contributed by atoms with Crippen LogP contribution in [0, 0.1) is 13.8 Å². The third-order valence-corrected chi connectivity index (χ3v) is 4.62. The SMILES string of the molecule is Cc1ccc(C)c(N2C(=O)C(Cl)=C(N3CCCCC3)C2=O)c1. The van der Waals surface area contributed by atoms with Gasteiger partial charge in [-0.1, -0.05) is 23.7 Å². The summed E-state index contributed by atoms with van der Waals surface area (Å²) in [4.78, 5) is 28.5. The highest BCUT2D eigenvalue weighted by molar-refractivity contribution is 6.52. The van der Waals surface area contributed by atoms with Gasteiger partial charge in [0.2, 0.25) is 0 Å². The molecule has 1 aromatic carbocycles. The highest BCUT2D eigenvalue weighted by Gasteiger charge is 2.41. The Morgan fingerprint density at radius 2 is 1.68 bits per heavy atom. The fourth-order valence-corrected chi connectivity index (χ4v) is 3.35. The molecule has 1 aromatic rings. The van der Waals surface area contributed by atoms with Gasteiger partial charge >= 0.3 is 0 Å². The van der Waals surface area contributed by atoms with Crippen molar-refractivity contribution < 1.29 is 9.59 Å². The smallest absolute Gasteiger partial charge is 0.283 e. The minimum Gasteiger partial charge on any atom is -0.366 e. The molecule has 2 amide bonds. The van der Waals surface area contributed by atoms with Crippen molar-refractivity contribution in [2.45, 2.75) is 33.1 Å². The van der Waals surface area contributed by atoms with Crippen molar-refractivity contribution in [1.29, 1.82) is 0 Å². The monoisotopic (exact) mass is 318 g/mol. The molecule has 1 fully saturated rings. The second kappa shape index (κ2) is 5.76. The van der Waals surface area contributed by atoms with E-state index in [4.69, 9.17) is 11.6 Å². The first-order valence-electron chi connectivity index (χ1n) is 7.61. The molecule has 0 aliphatic carbocycles. The summed E-state index contributed by atoms with van der Waals surface area (Å²) in [6.45, 7) is 5.40. The summed E-state index contributed by atoms with van der Waals surface area (Å²) in [5, 5.41) is 0.0489. The normalized spacial score (nSPS) is 19.4. The van der Waals surface area contributed by atoms with E-state index in [-0.39, 0.29) is 10.9 Å². The van der Waals surface area contributed by atoms with Gasteiger partial charge in [-0.25, -0.2) is 4.90 Å². The zero-order chi connectivity index (χ0) is 15.9. The molecule has 0 unspecified atom stereocenters. The zero-order valence-corrected chi connectivity index (χ0v) is 13.6. The Kier molecular flexibility index (Phi) is 3.96. The second-order valence-electron chi connectivity index (χ2n) is 5.95. The molecule has 0 radical (unpaired) electrons. The molecule has 1 saturated heterocycles. The van der Waals surface area contributed by atoms with E-state index in [1.807, 2.05) is 36.9 Å². The van der Waals surface area contributed by atoms with Crippen LogP contribution in [0.5, 0.6) is 0 Å². The predicted molar refractivity (Wildman–Crippen MR) is 86.7 cm³/mol. The molecule has 0 N–H and O–H groups in total. The number of amides is 2. The average Bonchev–Trinajstić information content (AvgIpc) is 2.73. The summed E-state index contributed by atoms with van der Waals surface area (Å²) in [6, 6.07) is 5.73. The van der Waals surface area contributed by atoms with Gasteiger partial charge in [0.25, 0.3) is 11.8 Å². The highest BCUT2D eigenvalue weighted by Crippen LogP contribution is 2.34. The number of carbonyl (C=O) groups excluding carboxylic acids is 2. The Labute approximate surface area is 135 Å². The summed E-state index contributed by atoms with van der Waals surface area (Å²) in [6.07, 6.45) is 3.21. The van der Waals surface area contributed by atoms with E-state index < -0.39 is 5.91 Å². The molecule has 2 aliphatic heterocycles. The van der Waals surface area contributed by atoms with Crippen molar-refractivity contribution in [2.24, 2.45) is 0 Å². The molecule has 3 rings (SSSR count). The summed E-state index contributed by atoms with van der Waals surface area (Å²) in [7, 11) is 0. The first kappa shape index (κ1) is 15.1. The van der Waals surface area contributed by atoms with Crippen LogP contribution >= 0.6 is 11.6 Å². The van der Waals surface area contributed by atoms with Gasteiger partial charge in [-0.15, -0.1) is 0 Å². The number of anilines is 1. The number of imide groups is 1. The lowest BCUT2D eigenvalue weighted by Gasteiger charge is -2.29. The Hall–Kier alpha value is -1.81. The minimum atomic E-state index is -0.416. The van der Waals surface area contributed by atoms with E-state index in [1.165, 1.54) is 4.90 Å². The van der Waals surface area contributed by atoms with Crippen LogP contribution in [0.1, 0.15) is 30.4 Å². The van der Waals surface area contributed by atoms with E-state index in [1.54, 1.807) is 0 Å². The van der Waals surface area contributed by atoms with Crippen LogP contribution < -0.4 is 4.90 Å². The molecule has 2 aliphatic rings. The zero-order valence-electron chi connectivity index (χ0n) is 12.9. The maximum absolute atomic E-state index is 12.8. The summed E-state index contributed by atoms with van der Waals surface area (Å²) >= 11 is 6.22. The minimum absolute atomic E-state index is 0.0489. The summed E-state index contributed by atoms with van der Waals surface area (Å²) in [5.41, 5.74) is 2.88. The maximum atomic E-state index is 12.8. The fraction of sp³-hybridized carbons (Fsp3) is 0.412. The van der Waals surface area contributed by atoms with E-state index in [2.05, 4.69) is 0 Å². The van der Waals surface area contributed by atoms with Gasteiger partial charge in [-0.3, -0.25) is 9.59 Å². The van der Waals surface area contributed by atoms with Crippen molar-refractivity contribution in [3.8, 4) is 0 Å². The Balaban J connectivity index is 1.98. The van der Waals surface area contributed by atoms with Crippen LogP contribution in [-0.4, -0.2) is 29.8 Å². The van der Waals surface area contributed by atoms with Gasteiger partial charge in [0.05, 0.1) is 5.69 Å². The molecule has 22 heavy (non-hydrogen) atoms. The van der Waals surface area contributed by atoms with Gasteiger partial charge < -0.3 is 4.90 Å². The number of hydrogen-bond acceptors (Lipinski definition) is 3. The average molecular weight is 319 g/mol. The lowest BCUT2D eigenvalue weighted by molar-refractivity contribution is -0.121. The van der Waals surface area contributed by atoms with Crippen LogP contribution in [0.15, 0.2) is 28.9 Å². The van der Waals surface area contributed by atoms with Crippen LogP contribution in [-0.2, 0) is 9.59 Å². The number of aryl methyl sites for hydroxylation is 2. The quantitative estimate of drug-likeness (QED) is 0.787. The molecule has 2 heterocycles. The van der Waals surface area contributed by atoms with Crippen molar-refractivity contribution in [3.05, 3.63) is 40.1 Å². The van der Waals surface area contributed by atoms with E-state index >= 15 is 0 Å². The molecule has 4 nitrogen and oxygen atoms in total. The first-order chi connectivity index (χ1) is 10.5. The Bertz CT molecular complexity index is 675. The van der Waals surface area contributed by atoms with Crippen molar-refractivity contribution in [3.63, 3.8) is 0 Å². The van der Waals surface area contributed by atoms with Gasteiger partial charge in [-0.05, 0) is 50.3 Å². The molecule has 116 valence electrons. The number of benzene rings is 1. The Morgan fingerprint density at radius 1 is 1.00 bits per heavy atom. The van der Waals surface area contributed by atoms with E-state index in [0.29, 0.717) is 11.4 Å². The van der Waals surface area contributed by atoms with Crippen molar-refractivity contribution >= 4 is 29.1 Å². The lowest BCUT2D eigenvalue weighted by atomic mass is 10.1. The molecule has 0 atom stereocenters. The molecule has 0 spiro atoms. The number of halogens is 1. The number of likely N-dealkylation sites (tertiary alicyclic amines) is 1. The molecular formula is C17H19ClN2O2. The molecule has 0 saturated carbocycles. The standard InChI is InChI=1S/C17H19ClN2O2/c1-11-6-7-12(2)13(10-11)20-16(21)14(18)15(17(20)22)19-8-4-3-5-9-19/h6-7,10H,3-5,8-9H2,1-2H3. The number of carbonyl (C=O) groups is 2.